The molecule has 1 aromatic rings. The van der Waals surface area contributed by atoms with Gasteiger partial charge < -0.3 is 0 Å². The highest BCUT2D eigenvalue weighted by Gasteiger charge is 1.96. The molecule has 52 valence electrons. The van der Waals surface area contributed by atoms with E-state index in [-0.39, 0.29) is 0 Å². The molecule has 2 heteroatoms. The zero-order valence-electron chi connectivity index (χ0n) is 5.76. The van der Waals surface area contributed by atoms with Gasteiger partial charge in [-0.05, 0) is 24.6 Å². The fourth-order valence-corrected chi connectivity index (χ4v) is 0.685. The Kier molecular flexibility index (Phi) is 1.81. The van der Waals surface area contributed by atoms with Gasteiger partial charge in [0.1, 0.15) is 5.83 Å². The van der Waals surface area contributed by atoms with Gasteiger partial charge in [-0.2, -0.15) is 0 Å². The number of hydrogen-bond donors (Lipinski definition) is 0. The van der Waals surface area contributed by atoms with Crippen molar-refractivity contribution in [3.8, 4) is 0 Å². The van der Waals surface area contributed by atoms with Crippen LogP contribution in [0, 0.1) is 6.92 Å². The van der Waals surface area contributed by atoms with Gasteiger partial charge in [0.15, 0.2) is 0 Å². The molecule has 0 unspecified atom stereocenters. The Bertz CT molecular complexity index is 255. The summed E-state index contributed by atoms with van der Waals surface area (Å²) in [7, 11) is 0. The lowest BCUT2D eigenvalue weighted by molar-refractivity contribution is 0.755. The van der Waals surface area contributed by atoms with Crippen LogP contribution in [0.1, 0.15) is 11.3 Å². The van der Waals surface area contributed by atoms with Crippen LogP contribution in [0.4, 0.5) is 4.39 Å². The van der Waals surface area contributed by atoms with Gasteiger partial charge in [0.25, 0.3) is 0 Å². The molecule has 0 amide bonds. The first-order chi connectivity index (χ1) is 4.70. The maximum Gasteiger partial charge on any atom is 0.141 e. The quantitative estimate of drug-likeness (QED) is 0.578. The lowest BCUT2D eigenvalue weighted by atomic mass is 10.2. The topological polar surface area (TPSA) is 12.9 Å². The zero-order valence-corrected chi connectivity index (χ0v) is 5.76. The minimum absolute atomic E-state index is 0.319. The Morgan fingerprint density at radius 2 is 2.40 bits per heavy atom. The van der Waals surface area contributed by atoms with E-state index in [0.29, 0.717) is 5.69 Å². The van der Waals surface area contributed by atoms with Gasteiger partial charge >= 0.3 is 0 Å². The van der Waals surface area contributed by atoms with Crippen molar-refractivity contribution in [2.24, 2.45) is 0 Å². The van der Waals surface area contributed by atoms with E-state index in [2.05, 4.69) is 11.6 Å². The number of hydrogen-bond acceptors (Lipinski definition) is 1. The Hall–Kier alpha value is -1.18. The standard InChI is InChI=1S/C8H8FN/c1-6-3-4-10-8(5-6)7(2)9/h3-5H,2H2,1H3. The number of halogens is 1. The molecule has 0 radical (unpaired) electrons. The van der Waals surface area contributed by atoms with Crippen LogP contribution < -0.4 is 0 Å². The minimum atomic E-state index is -0.483. The molecule has 0 aliphatic carbocycles. The first-order valence-electron chi connectivity index (χ1n) is 2.97. The van der Waals surface area contributed by atoms with Crippen LogP contribution in [0.25, 0.3) is 5.83 Å². The summed E-state index contributed by atoms with van der Waals surface area (Å²) in [5, 5.41) is 0. The predicted octanol–water partition coefficient (Wildman–Crippen LogP) is 2.33. The van der Waals surface area contributed by atoms with Crippen molar-refractivity contribution >= 4 is 5.83 Å². The van der Waals surface area contributed by atoms with E-state index in [4.69, 9.17) is 0 Å². The van der Waals surface area contributed by atoms with E-state index in [0.717, 1.165) is 5.56 Å². The predicted molar refractivity (Wildman–Crippen MR) is 39.1 cm³/mol. The van der Waals surface area contributed by atoms with E-state index in [1.807, 2.05) is 13.0 Å². The molecule has 0 atom stereocenters. The fraction of sp³-hybridized carbons (Fsp3) is 0.125. The Morgan fingerprint density at radius 1 is 1.70 bits per heavy atom. The van der Waals surface area contributed by atoms with Gasteiger partial charge in [-0.3, -0.25) is 4.98 Å². The van der Waals surface area contributed by atoms with E-state index >= 15 is 0 Å². The summed E-state index contributed by atoms with van der Waals surface area (Å²) in [5.74, 6) is -0.483. The van der Waals surface area contributed by atoms with Crippen molar-refractivity contribution in [2.75, 3.05) is 0 Å². The second-order valence-electron chi connectivity index (χ2n) is 2.12. The molecule has 10 heavy (non-hydrogen) atoms. The summed E-state index contributed by atoms with van der Waals surface area (Å²) in [4.78, 5) is 3.76. The number of aryl methyl sites for hydroxylation is 1. The number of aromatic nitrogens is 1. The van der Waals surface area contributed by atoms with Gasteiger partial charge in [-0.1, -0.05) is 6.58 Å². The molecule has 0 saturated heterocycles. The smallest absolute Gasteiger partial charge is 0.141 e. The first-order valence-corrected chi connectivity index (χ1v) is 2.97. The second-order valence-corrected chi connectivity index (χ2v) is 2.12. The van der Waals surface area contributed by atoms with Gasteiger partial charge in [-0.25, -0.2) is 4.39 Å². The maximum atomic E-state index is 12.4. The summed E-state index contributed by atoms with van der Waals surface area (Å²) in [6, 6.07) is 3.47. The lowest BCUT2D eigenvalue weighted by Gasteiger charge is -1.94. The van der Waals surface area contributed by atoms with Crippen molar-refractivity contribution in [3.05, 3.63) is 36.2 Å². The highest BCUT2D eigenvalue weighted by molar-refractivity contribution is 5.52. The average Bonchev–Trinajstić information content (AvgIpc) is 1.88. The summed E-state index contributed by atoms with van der Waals surface area (Å²) in [5.41, 5.74) is 1.31. The third-order valence-electron chi connectivity index (χ3n) is 1.19. The molecule has 1 heterocycles. The molecule has 1 nitrogen and oxygen atoms in total. The third-order valence-corrected chi connectivity index (χ3v) is 1.19. The molecule has 1 aromatic heterocycles. The molecule has 0 saturated carbocycles. The van der Waals surface area contributed by atoms with Crippen LogP contribution >= 0.6 is 0 Å². The third kappa shape index (κ3) is 1.41. The normalized spacial score (nSPS) is 9.40. The van der Waals surface area contributed by atoms with E-state index < -0.39 is 5.83 Å². The summed E-state index contributed by atoms with van der Waals surface area (Å²) >= 11 is 0. The van der Waals surface area contributed by atoms with Crippen LogP contribution in [-0.2, 0) is 0 Å². The van der Waals surface area contributed by atoms with E-state index in [1.165, 1.54) is 0 Å². The molecule has 0 aromatic carbocycles. The summed E-state index contributed by atoms with van der Waals surface area (Å²) in [6.07, 6.45) is 1.56. The molecule has 0 bridgehead atoms. The van der Waals surface area contributed by atoms with Crippen LogP contribution in [0.3, 0.4) is 0 Å². The monoisotopic (exact) mass is 137 g/mol. The van der Waals surface area contributed by atoms with E-state index in [1.54, 1.807) is 12.3 Å². The van der Waals surface area contributed by atoms with Crippen molar-refractivity contribution in [1.82, 2.24) is 4.98 Å². The molecule has 0 spiro atoms. The Morgan fingerprint density at radius 3 is 2.80 bits per heavy atom. The van der Waals surface area contributed by atoms with Crippen molar-refractivity contribution in [1.29, 1.82) is 0 Å². The van der Waals surface area contributed by atoms with Crippen LogP contribution in [0.15, 0.2) is 24.9 Å². The van der Waals surface area contributed by atoms with Crippen molar-refractivity contribution in [3.63, 3.8) is 0 Å². The first kappa shape index (κ1) is 6.93. The Labute approximate surface area is 59.2 Å². The number of rotatable bonds is 1. The van der Waals surface area contributed by atoms with E-state index in [9.17, 15) is 4.39 Å². The van der Waals surface area contributed by atoms with Crippen LogP contribution in [0.2, 0.25) is 0 Å². The van der Waals surface area contributed by atoms with Gasteiger partial charge in [0, 0.05) is 6.20 Å². The van der Waals surface area contributed by atoms with Gasteiger partial charge in [-0.15, -0.1) is 0 Å². The largest absolute Gasteiger partial charge is 0.254 e. The maximum absolute atomic E-state index is 12.4. The summed E-state index contributed by atoms with van der Waals surface area (Å²) < 4.78 is 12.4. The number of pyridine rings is 1. The fourth-order valence-electron chi connectivity index (χ4n) is 0.685. The summed E-state index contributed by atoms with van der Waals surface area (Å²) in [6.45, 7) is 5.02. The average molecular weight is 137 g/mol. The number of nitrogens with zero attached hydrogens (tertiary/aromatic N) is 1. The molecule has 0 aliphatic rings. The van der Waals surface area contributed by atoms with Gasteiger partial charge in [0.05, 0.1) is 5.69 Å². The highest BCUT2D eigenvalue weighted by Crippen LogP contribution is 2.10. The highest BCUT2D eigenvalue weighted by atomic mass is 19.1. The van der Waals surface area contributed by atoms with Crippen molar-refractivity contribution < 1.29 is 4.39 Å². The lowest BCUT2D eigenvalue weighted by Crippen LogP contribution is -1.83. The molecular formula is C8H8FN. The molecule has 0 N–H and O–H groups in total. The zero-order chi connectivity index (χ0) is 7.56. The van der Waals surface area contributed by atoms with Crippen LogP contribution in [-0.4, -0.2) is 4.98 Å². The Balaban J connectivity index is 3.07. The van der Waals surface area contributed by atoms with Gasteiger partial charge in [0.2, 0.25) is 0 Å². The molecular weight excluding hydrogens is 129 g/mol. The van der Waals surface area contributed by atoms with Crippen LogP contribution in [0.5, 0.6) is 0 Å². The molecule has 0 aliphatic heterocycles. The molecule has 0 fully saturated rings. The SMILES string of the molecule is C=C(F)c1cc(C)ccn1. The minimum Gasteiger partial charge on any atom is -0.254 e. The second kappa shape index (κ2) is 2.60. The molecule has 1 rings (SSSR count). The van der Waals surface area contributed by atoms with Crippen molar-refractivity contribution in [2.45, 2.75) is 6.92 Å².